The highest BCUT2D eigenvalue weighted by molar-refractivity contribution is 6.31. The largest absolute Gasteiger partial charge is 0.370 e. The lowest BCUT2D eigenvalue weighted by Crippen LogP contribution is -2.30. The van der Waals surface area contributed by atoms with Gasteiger partial charge in [0.1, 0.15) is 5.82 Å². The molecule has 0 spiro atoms. The zero-order valence-corrected chi connectivity index (χ0v) is 12.6. The first-order valence-electron chi connectivity index (χ1n) is 6.70. The molecule has 1 aromatic rings. The fraction of sp³-hybridized carbons (Fsp3) is 0.500. The molecule has 0 aromatic carbocycles. The van der Waals surface area contributed by atoms with Crippen molar-refractivity contribution in [3.05, 3.63) is 22.8 Å². The summed E-state index contributed by atoms with van der Waals surface area (Å²) in [4.78, 5) is 29.7. The lowest BCUT2D eigenvalue weighted by Gasteiger charge is -2.15. The third-order valence-corrected chi connectivity index (χ3v) is 3.99. The molecule has 0 aliphatic carbocycles. The van der Waals surface area contributed by atoms with Gasteiger partial charge in [-0.1, -0.05) is 25.4 Å². The number of hydrogen-bond acceptors (Lipinski definition) is 4. The maximum absolute atomic E-state index is 12.1. The van der Waals surface area contributed by atoms with Crippen LogP contribution in [0.15, 0.2) is 12.1 Å². The summed E-state index contributed by atoms with van der Waals surface area (Å²) in [6, 6.07) is 3.49. The number of likely N-dealkylation sites (tertiary alicyclic amines) is 1. The Bertz CT molecular complexity index is 527. The van der Waals surface area contributed by atoms with E-state index in [1.54, 1.807) is 26.0 Å². The van der Waals surface area contributed by atoms with Crippen molar-refractivity contribution in [2.75, 3.05) is 11.9 Å². The highest BCUT2D eigenvalue weighted by Gasteiger charge is 2.42. The maximum atomic E-state index is 12.1. The molecule has 108 valence electrons. The van der Waals surface area contributed by atoms with Crippen LogP contribution >= 0.6 is 11.6 Å². The van der Waals surface area contributed by atoms with Crippen molar-refractivity contribution in [2.24, 2.45) is 11.8 Å². The minimum Gasteiger partial charge on any atom is -0.370 e. The number of nitrogens with one attached hydrogen (secondary N) is 1. The van der Waals surface area contributed by atoms with Crippen molar-refractivity contribution in [2.45, 2.75) is 27.3 Å². The van der Waals surface area contributed by atoms with Gasteiger partial charge in [-0.15, -0.1) is 0 Å². The van der Waals surface area contributed by atoms with E-state index < -0.39 is 0 Å². The Balaban J connectivity index is 2.23. The number of imide groups is 1. The van der Waals surface area contributed by atoms with Gasteiger partial charge in [0.15, 0.2) is 0 Å². The van der Waals surface area contributed by atoms with Crippen LogP contribution in [0.5, 0.6) is 0 Å². The number of hydrogen-bond donors (Lipinski definition) is 1. The number of nitrogens with zero attached hydrogens (tertiary/aromatic N) is 2. The van der Waals surface area contributed by atoms with E-state index in [0.717, 1.165) is 6.54 Å². The Morgan fingerprint density at radius 2 is 1.85 bits per heavy atom. The van der Waals surface area contributed by atoms with Gasteiger partial charge in [0.2, 0.25) is 11.8 Å². The van der Waals surface area contributed by atoms with E-state index in [9.17, 15) is 9.59 Å². The number of pyridine rings is 1. The summed E-state index contributed by atoms with van der Waals surface area (Å²) in [7, 11) is 0. The summed E-state index contributed by atoms with van der Waals surface area (Å²) >= 11 is 6.10. The highest BCUT2D eigenvalue weighted by Crippen LogP contribution is 2.28. The second kappa shape index (κ2) is 5.79. The van der Waals surface area contributed by atoms with Crippen molar-refractivity contribution < 1.29 is 9.59 Å². The van der Waals surface area contributed by atoms with Gasteiger partial charge >= 0.3 is 0 Å². The van der Waals surface area contributed by atoms with Crippen molar-refractivity contribution in [1.29, 1.82) is 0 Å². The van der Waals surface area contributed by atoms with Crippen molar-refractivity contribution >= 4 is 29.2 Å². The summed E-state index contributed by atoms with van der Waals surface area (Å²) in [5.41, 5.74) is 0.535. The zero-order chi connectivity index (χ0) is 14.9. The lowest BCUT2D eigenvalue weighted by molar-refractivity contribution is -0.140. The summed E-state index contributed by atoms with van der Waals surface area (Å²) in [6.07, 6.45) is 0. The van der Waals surface area contributed by atoms with Crippen LogP contribution in [-0.4, -0.2) is 28.2 Å². The molecule has 2 unspecified atom stereocenters. The van der Waals surface area contributed by atoms with Crippen LogP contribution in [0.1, 0.15) is 26.5 Å². The molecule has 1 aromatic heterocycles. The first-order valence-corrected chi connectivity index (χ1v) is 7.08. The summed E-state index contributed by atoms with van der Waals surface area (Å²) < 4.78 is 0. The minimum absolute atomic E-state index is 0.129. The molecule has 0 saturated carbocycles. The molecule has 1 saturated heterocycles. The van der Waals surface area contributed by atoms with Gasteiger partial charge in [-0.2, -0.15) is 0 Å². The fourth-order valence-corrected chi connectivity index (χ4v) is 2.37. The Kier molecular flexibility index (Phi) is 4.28. The predicted octanol–water partition coefficient (Wildman–Crippen LogP) is 2.31. The Morgan fingerprint density at radius 3 is 2.40 bits per heavy atom. The number of halogens is 1. The third-order valence-electron chi connectivity index (χ3n) is 3.65. The standard InChI is InChI=1S/C14H18ClN3O2/c1-4-16-12-6-5-10(15)11(17-12)7-18-13(19)8(2)9(3)14(18)20/h5-6,8-9H,4,7H2,1-3H3,(H,16,17). The number of anilines is 1. The average molecular weight is 296 g/mol. The number of rotatable bonds is 4. The van der Waals surface area contributed by atoms with Gasteiger partial charge in [-0.3, -0.25) is 14.5 Å². The van der Waals surface area contributed by atoms with Gasteiger partial charge in [0, 0.05) is 18.4 Å². The van der Waals surface area contributed by atoms with Crippen LogP contribution < -0.4 is 5.32 Å². The molecular weight excluding hydrogens is 278 g/mol. The molecule has 5 nitrogen and oxygen atoms in total. The lowest BCUT2D eigenvalue weighted by atomic mass is 10.00. The van der Waals surface area contributed by atoms with Gasteiger partial charge in [-0.25, -0.2) is 4.98 Å². The van der Waals surface area contributed by atoms with E-state index in [1.165, 1.54) is 4.90 Å². The molecule has 1 aliphatic rings. The molecular formula is C14H18ClN3O2. The smallest absolute Gasteiger partial charge is 0.233 e. The number of aromatic nitrogens is 1. The van der Waals surface area contributed by atoms with E-state index in [0.29, 0.717) is 16.5 Å². The molecule has 6 heteroatoms. The summed E-state index contributed by atoms with van der Waals surface area (Å²) in [5.74, 6) is -0.188. The normalized spacial score (nSPS) is 22.5. The topological polar surface area (TPSA) is 62.3 Å². The average Bonchev–Trinajstić information content (AvgIpc) is 2.60. The quantitative estimate of drug-likeness (QED) is 0.866. The minimum atomic E-state index is -0.279. The van der Waals surface area contributed by atoms with Crippen LogP contribution in [0.3, 0.4) is 0 Å². The van der Waals surface area contributed by atoms with E-state index in [4.69, 9.17) is 11.6 Å². The van der Waals surface area contributed by atoms with Crippen LogP contribution in [0.2, 0.25) is 5.02 Å². The van der Waals surface area contributed by atoms with E-state index in [-0.39, 0.29) is 30.2 Å². The van der Waals surface area contributed by atoms with Gasteiger partial charge in [-0.05, 0) is 19.1 Å². The Labute approximate surface area is 123 Å². The van der Waals surface area contributed by atoms with E-state index in [1.807, 2.05) is 6.92 Å². The molecule has 2 heterocycles. The van der Waals surface area contributed by atoms with Crippen molar-refractivity contribution in [1.82, 2.24) is 9.88 Å². The van der Waals surface area contributed by atoms with E-state index in [2.05, 4.69) is 10.3 Å². The third kappa shape index (κ3) is 2.63. The first kappa shape index (κ1) is 14.8. The zero-order valence-electron chi connectivity index (χ0n) is 11.8. The van der Waals surface area contributed by atoms with Crippen LogP contribution in [0.4, 0.5) is 5.82 Å². The van der Waals surface area contributed by atoms with Crippen LogP contribution in [0.25, 0.3) is 0 Å². The van der Waals surface area contributed by atoms with Crippen LogP contribution in [-0.2, 0) is 16.1 Å². The number of carbonyl (C=O) groups excluding carboxylic acids is 2. The number of carbonyl (C=O) groups is 2. The Morgan fingerprint density at radius 1 is 1.25 bits per heavy atom. The molecule has 2 amide bonds. The highest BCUT2D eigenvalue weighted by atomic mass is 35.5. The van der Waals surface area contributed by atoms with Crippen molar-refractivity contribution in [3.63, 3.8) is 0 Å². The maximum Gasteiger partial charge on any atom is 0.233 e. The predicted molar refractivity (Wildman–Crippen MR) is 77.3 cm³/mol. The SMILES string of the molecule is CCNc1ccc(Cl)c(CN2C(=O)C(C)C(C)C2=O)n1. The molecule has 1 fully saturated rings. The molecule has 1 aliphatic heterocycles. The van der Waals surface area contributed by atoms with Gasteiger partial charge < -0.3 is 5.32 Å². The van der Waals surface area contributed by atoms with Crippen molar-refractivity contribution in [3.8, 4) is 0 Å². The summed E-state index contributed by atoms with van der Waals surface area (Å²) in [5, 5.41) is 3.54. The molecule has 20 heavy (non-hydrogen) atoms. The number of amides is 2. The Hall–Kier alpha value is -1.62. The molecule has 0 radical (unpaired) electrons. The molecule has 0 bridgehead atoms. The van der Waals surface area contributed by atoms with Crippen LogP contribution in [0, 0.1) is 11.8 Å². The first-order chi connectivity index (χ1) is 9.45. The fourth-order valence-electron chi connectivity index (χ4n) is 2.21. The van der Waals surface area contributed by atoms with Gasteiger partial charge in [0.25, 0.3) is 0 Å². The molecule has 2 rings (SSSR count). The van der Waals surface area contributed by atoms with Gasteiger partial charge in [0.05, 0.1) is 17.3 Å². The van der Waals surface area contributed by atoms with E-state index >= 15 is 0 Å². The summed E-state index contributed by atoms with van der Waals surface area (Å²) in [6.45, 7) is 6.38. The monoisotopic (exact) mass is 295 g/mol. The second-order valence-electron chi connectivity index (χ2n) is 5.00. The molecule has 1 N–H and O–H groups in total. The molecule has 2 atom stereocenters. The second-order valence-corrected chi connectivity index (χ2v) is 5.40.